The van der Waals surface area contributed by atoms with Crippen molar-refractivity contribution in [2.45, 2.75) is 57.5 Å². The smallest absolute Gasteiger partial charge is 0.314 e. The number of carboxylic acids is 1. The monoisotopic (exact) mass is 280 g/mol. The highest BCUT2D eigenvalue weighted by Gasteiger charge is 2.41. The number of halogens is 1. The van der Waals surface area contributed by atoms with Crippen LogP contribution in [0.5, 0.6) is 5.75 Å². The Hall–Kier alpha value is -1.58. The maximum absolute atomic E-state index is 14.1. The molecule has 0 spiro atoms. The predicted octanol–water partition coefficient (Wildman–Crippen LogP) is 3.90. The summed E-state index contributed by atoms with van der Waals surface area (Å²) in [4.78, 5) is 11.7. The van der Waals surface area contributed by atoms with Crippen molar-refractivity contribution in [3.05, 3.63) is 29.6 Å². The van der Waals surface area contributed by atoms with Crippen molar-refractivity contribution in [1.82, 2.24) is 0 Å². The van der Waals surface area contributed by atoms with Gasteiger partial charge in [0.2, 0.25) is 0 Å². The van der Waals surface area contributed by atoms with Gasteiger partial charge in [-0.2, -0.15) is 0 Å². The predicted molar refractivity (Wildman–Crippen MR) is 74.6 cm³/mol. The van der Waals surface area contributed by atoms with Crippen LogP contribution >= 0.6 is 0 Å². The molecule has 0 unspecified atom stereocenters. The van der Waals surface area contributed by atoms with Gasteiger partial charge >= 0.3 is 5.97 Å². The van der Waals surface area contributed by atoms with Gasteiger partial charge in [0.15, 0.2) is 11.6 Å². The van der Waals surface area contributed by atoms with Gasteiger partial charge in [-0.15, -0.1) is 0 Å². The summed E-state index contributed by atoms with van der Waals surface area (Å²) in [5, 5.41) is 9.59. The van der Waals surface area contributed by atoms with Gasteiger partial charge in [-0.1, -0.05) is 25.3 Å². The molecule has 110 valence electrons. The first-order chi connectivity index (χ1) is 9.45. The zero-order valence-corrected chi connectivity index (χ0v) is 12.0. The molecule has 0 heterocycles. The Morgan fingerprint density at radius 2 is 1.95 bits per heavy atom. The first kappa shape index (κ1) is 14.8. The normalized spacial score (nSPS) is 18.0. The summed E-state index contributed by atoms with van der Waals surface area (Å²) in [6.07, 6.45) is 3.83. The third-order valence-corrected chi connectivity index (χ3v) is 3.96. The minimum absolute atomic E-state index is 0.113. The van der Waals surface area contributed by atoms with Crippen LogP contribution in [0.3, 0.4) is 0 Å². The largest absolute Gasteiger partial charge is 0.488 e. The van der Waals surface area contributed by atoms with E-state index < -0.39 is 17.2 Å². The molecule has 0 saturated heterocycles. The van der Waals surface area contributed by atoms with Crippen LogP contribution in [-0.2, 0) is 10.2 Å². The summed E-state index contributed by atoms with van der Waals surface area (Å²) in [6, 6.07) is 4.57. The lowest BCUT2D eigenvalue weighted by Gasteiger charge is -2.33. The lowest BCUT2D eigenvalue weighted by molar-refractivity contribution is -0.145. The number of ether oxygens (including phenoxy) is 1. The molecular weight excluding hydrogens is 259 g/mol. The quantitative estimate of drug-likeness (QED) is 0.909. The molecule has 3 nitrogen and oxygen atoms in total. The molecule has 1 N–H and O–H groups in total. The molecule has 4 heteroatoms. The first-order valence-corrected chi connectivity index (χ1v) is 7.16. The van der Waals surface area contributed by atoms with Crippen LogP contribution in [0.4, 0.5) is 4.39 Å². The molecular formula is C16H21FO3. The van der Waals surface area contributed by atoms with E-state index in [0.717, 1.165) is 19.3 Å². The molecule has 0 amide bonds. The summed E-state index contributed by atoms with van der Waals surface area (Å²) < 4.78 is 19.4. The van der Waals surface area contributed by atoms with E-state index in [9.17, 15) is 14.3 Å². The number of benzene rings is 1. The summed E-state index contributed by atoms with van der Waals surface area (Å²) in [5.74, 6) is -1.16. The average Bonchev–Trinajstić information content (AvgIpc) is 2.41. The van der Waals surface area contributed by atoms with Gasteiger partial charge in [-0.25, -0.2) is 4.39 Å². The number of carboxylic acid groups (broad SMARTS) is 1. The molecule has 0 aromatic heterocycles. The van der Waals surface area contributed by atoms with Crippen LogP contribution in [0.25, 0.3) is 0 Å². The minimum Gasteiger partial charge on any atom is -0.488 e. The Morgan fingerprint density at radius 3 is 2.45 bits per heavy atom. The van der Waals surface area contributed by atoms with Crippen LogP contribution in [0.1, 0.15) is 51.5 Å². The van der Waals surface area contributed by atoms with Gasteiger partial charge in [0.05, 0.1) is 11.5 Å². The van der Waals surface area contributed by atoms with Gasteiger partial charge in [0, 0.05) is 0 Å². The van der Waals surface area contributed by atoms with Crippen molar-refractivity contribution in [2.24, 2.45) is 0 Å². The number of rotatable bonds is 4. The van der Waals surface area contributed by atoms with Gasteiger partial charge in [0.25, 0.3) is 0 Å². The third-order valence-electron chi connectivity index (χ3n) is 3.96. The van der Waals surface area contributed by atoms with Gasteiger partial charge < -0.3 is 9.84 Å². The Morgan fingerprint density at radius 1 is 1.30 bits per heavy atom. The van der Waals surface area contributed by atoms with Crippen LogP contribution in [0, 0.1) is 5.82 Å². The second-order valence-corrected chi connectivity index (χ2v) is 5.76. The van der Waals surface area contributed by atoms with E-state index in [-0.39, 0.29) is 11.9 Å². The maximum Gasteiger partial charge on any atom is 0.314 e. The molecule has 0 bridgehead atoms. The van der Waals surface area contributed by atoms with E-state index >= 15 is 0 Å². The van der Waals surface area contributed by atoms with Crippen molar-refractivity contribution in [2.75, 3.05) is 0 Å². The van der Waals surface area contributed by atoms with E-state index in [1.807, 2.05) is 13.8 Å². The van der Waals surface area contributed by atoms with Crippen LogP contribution < -0.4 is 4.74 Å². The van der Waals surface area contributed by atoms with Crippen molar-refractivity contribution in [3.8, 4) is 5.75 Å². The topological polar surface area (TPSA) is 46.5 Å². The molecule has 1 saturated carbocycles. The standard InChI is InChI=1S/C16H21FO3/c1-11(2)20-14-7-6-12(10-13(14)17)16(15(18)19)8-4-3-5-9-16/h6-7,10-11H,3-5,8-9H2,1-2H3,(H,18,19). The van der Waals surface area contributed by atoms with E-state index in [4.69, 9.17) is 4.74 Å². The molecule has 20 heavy (non-hydrogen) atoms. The number of carbonyl (C=O) groups is 1. The van der Waals surface area contributed by atoms with Crippen LogP contribution in [-0.4, -0.2) is 17.2 Å². The van der Waals surface area contributed by atoms with Crippen LogP contribution in [0.2, 0.25) is 0 Å². The molecule has 0 radical (unpaired) electrons. The Kier molecular flexibility index (Phi) is 4.31. The summed E-state index contributed by atoms with van der Waals surface area (Å²) in [6.45, 7) is 3.65. The fourth-order valence-electron chi connectivity index (χ4n) is 2.93. The molecule has 0 aliphatic heterocycles. The fraction of sp³-hybridized carbons (Fsp3) is 0.562. The Labute approximate surface area is 118 Å². The number of hydrogen-bond donors (Lipinski definition) is 1. The van der Waals surface area contributed by atoms with E-state index in [2.05, 4.69) is 0 Å². The van der Waals surface area contributed by atoms with Gasteiger partial charge in [0.1, 0.15) is 0 Å². The van der Waals surface area contributed by atoms with Gasteiger partial charge in [-0.3, -0.25) is 4.79 Å². The molecule has 0 atom stereocenters. The third kappa shape index (κ3) is 2.79. The second kappa shape index (κ2) is 5.81. The van der Waals surface area contributed by atoms with E-state index in [1.54, 1.807) is 12.1 Å². The minimum atomic E-state index is -0.935. The van der Waals surface area contributed by atoms with Crippen LogP contribution in [0.15, 0.2) is 18.2 Å². The summed E-state index contributed by atoms with van der Waals surface area (Å²) in [5.41, 5.74) is -0.381. The van der Waals surface area contributed by atoms with E-state index in [1.165, 1.54) is 6.07 Å². The van der Waals surface area contributed by atoms with Crippen molar-refractivity contribution in [3.63, 3.8) is 0 Å². The van der Waals surface area contributed by atoms with E-state index in [0.29, 0.717) is 18.4 Å². The highest BCUT2D eigenvalue weighted by atomic mass is 19.1. The van der Waals surface area contributed by atoms with Crippen molar-refractivity contribution >= 4 is 5.97 Å². The lowest BCUT2D eigenvalue weighted by Crippen LogP contribution is -2.37. The molecule has 2 rings (SSSR count). The first-order valence-electron chi connectivity index (χ1n) is 7.16. The lowest BCUT2D eigenvalue weighted by atomic mass is 9.69. The highest BCUT2D eigenvalue weighted by Crippen LogP contribution is 2.40. The summed E-state index contributed by atoms with van der Waals surface area (Å²) >= 11 is 0. The number of hydrogen-bond acceptors (Lipinski definition) is 2. The fourth-order valence-corrected chi connectivity index (χ4v) is 2.93. The average molecular weight is 280 g/mol. The molecule has 1 aromatic carbocycles. The van der Waals surface area contributed by atoms with Gasteiger partial charge in [-0.05, 0) is 44.4 Å². The second-order valence-electron chi connectivity index (χ2n) is 5.76. The number of aliphatic carboxylic acids is 1. The molecule has 1 aliphatic rings. The summed E-state index contributed by atoms with van der Waals surface area (Å²) in [7, 11) is 0. The molecule has 1 fully saturated rings. The Bertz CT molecular complexity index is 490. The molecule has 1 aromatic rings. The SMILES string of the molecule is CC(C)Oc1ccc(C2(C(=O)O)CCCCC2)cc1F. The molecule has 1 aliphatic carbocycles. The maximum atomic E-state index is 14.1. The zero-order chi connectivity index (χ0) is 14.8. The van der Waals surface area contributed by atoms with Crippen molar-refractivity contribution in [1.29, 1.82) is 0 Å². The Balaban J connectivity index is 2.35. The van der Waals surface area contributed by atoms with Crippen molar-refractivity contribution < 1.29 is 19.0 Å². The zero-order valence-electron chi connectivity index (χ0n) is 12.0. The highest BCUT2D eigenvalue weighted by molar-refractivity contribution is 5.81.